The first-order chi connectivity index (χ1) is 10.0. The summed E-state index contributed by atoms with van der Waals surface area (Å²) in [6, 6.07) is 0. The van der Waals surface area contributed by atoms with Crippen molar-refractivity contribution in [1.82, 2.24) is 5.32 Å². The van der Waals surface area contributed by atoms with Crippen molar-refractivity contribution < 1.29 is 24.9 Å². The molecule has 1 amide bonds. The minimum atomic E-state index is -0.949. The van der Waals surface area contributed by atoms with Crippen molar-refractivity contribution in [3.63, 3.8) is 0 Å². The summed E-state index contributed by atoms with van der Waals surface area (Å²) in [6.45, 7) is 0.567. The SMILES string of the molecule is O=C(O)CCCCCCCNC(=O)C1CCCC(O)C1O. The van der Waals surface area contributed by atoms with Crippen LogP contribution in [-0.4, -0.2) is 45.9 Å². The maximum absolute atomic E-state index is 11.9. The third kappa shape index (κ3) is 6.91. The van der Waals surface area contributed by atoms with Crippen LogP contribution in [-0.2, 0) is 9.59 Å². The van der Waals surface area contributed by atoms with E-state index in [2.05, 4.69) is 5.32 Å². The topological polar surface area (TPSA) is 107 Å². The van der Waals surface area contributed by atoms with Gasteiger partial charge >= 0.3 is 5.97 Å². The second kappa shape index (κ2) is 9.73. The monoisotopic (exact) mass is 301 g/mol. The van der Waals surface area contributed by atoms with Crippen molar-refractivity contribution in [1.29, 1.82) is 0 Å². The highest BCUT2D eigenvalue weighted by molar-refractivity contribution is 5.79. The van der Waals surface area contributed by atoms with Crippen LogP contribution in [0.1, 0.15) is 57.8 Å². The zero-order chi connectivity index (χ0) is 15.7. The summed E-state index contributed by atoms with van der Waals surface area (Å²) < 4.78 is 0. The Hall–Kier alpha value is -1.14. The highest BCUT2D eigenvalue weighted by atomic mass is 16.4. The van der Waals surface area contributed by atoms with Gasteiger partial charge in [-0.05, 0) is 32.1 Å². The van der Waals surface area contributed by atoms with Crippen LogP contribution in [0.15, 0.2) is 0 Å². The summed E-state index contributed by atoms with van der Waals surface area (Å²) >= 11 is 0. The number of aliphatic hydroxyl groups excluding tert-OH is 2. The van der Waals surface area contributed by atoms with E-state index in [-0.39, 0.29) is 12.3 Å². The standard InChI is InChI=1S/C15H27NO5/c17-12-8-6-7-11(14(12)20)15(21)16-10-5-3-1-2-4-9-13(18)19/h11-12,14,17,20H,1-10H2,(H,16,21)(H,18,19). The molecular formula is C15H27NO5. The second-order valence-corrected chi connectivity index (χ2v) is 5.80. The predicted molar refractivity (Wildman–Crippen MR) is 77.7 cm³/mol. The maximum Gasteiger partial charge on any atom is 0.303 e. The molecule has 6 nitrogen and oxygen atoms in total. The van der Waals surface area contributed by atoms with Gasteiger partial charge in [0.15, 0.2) is 0 Å². The first-order valence-corrected chi connectivity index (χ1v) is 7.88. The highest BCUT2D eigenvalue weighted by Crippen LogP contribution is 2.24. The predicted octanol–water partition coefficient (Wildman–Crippen LogP) is 1.05. The van der Waals surface area contributed by atoms with Crippen LogP contribution >= 0.6 is 0 Å². The molecule has 1 aliphatic carbocycles. The molecule has 3 unspecified atom stereocenters. The van der Waals surface area contributed by atoms with Gasteiger partial charge in [-0.2, -0.15) is 0 Å². The van der Waals surface area contributed by atoms with Crippen molar-refractivity contribution in [3.8, 4) is 0 Å². The summed E-state index contributed by atoms with van der Waals surface area (Å²) in [5.74, 6) is -1.42. The number of hydrogen-bond acceptors (Lipinski definition) is 4. The fourth-order valence-corrected chi connectivity index (χ4v) is 2.72. The van der Waals surface area contributed by atoms with E-state index in [4.69, 9.17) is 5.11 Å². The third-order valence-corrected chi connectivity index (χ3v) is 4.02. The Balaban J connectivity index is 2.04. The van der Waals surface area contributed by atoms with Crippen LogP contribution in [0.25, 0.3) is 0 Å². The largest absolute Gasteiger partial charge is 0.481 e. The first kappa shape index (κ1) is 17.9. The molecule has 0 aliphatic heterocycles. The van der Waals surface area contributed by atoms with Gasteiger partial charge in [-0.15, -0.1) is 0 Å². The molecule has 3 atom stereocenters. The van der Waals surface area contributed by atoms with E-state index >= 15 is 0 Å². The molecule has 1 aliphatic rings. The Labute approximate surface area is 125 Å². The minimum absolute atomic E-state index is 0.174. The summed E-state index contributed by atoms with van der Waals surface area (Å²) in [5, 5.41) is 30.7. The van der Waals surface area contributed by atoms with Gasteiger partial charge < -0.3 is 20.6 Å². The molecule has 0 heterocycles. The Morgan fingerprint density at radius 3 is 2.38 bits per heavy atom. The molecular weight excluding hydrogens is 274 g/mol. The summed E-state index contributed by atoms with van der Waals surface area (Å²) in [7, 11) is 0. The maximum atomic E-state index is 11.9. The smallest absolute Gasteiger partial charge is 0.303 e. The number of nitrogens with one attached hydrogen (secondary N) is 1. The highest BCUT2D eigenvalue weighted by Gasteiger charge is 2.34. The Morgan fingerprint density at radius 1 is 1.00 bits per heavy atom. The fraction of sp³-hybridized carbons (Fsp3) is 0.867. The summed E-state index contributed by atoms with van der Waals surface area (Å²) in [4.78, 5) is 22.2. The van der Waals surface area contributed by atoms with E-state index in [9.17, 15) is 19.8 Å². The summed E-state index contributed by atoms with van der Waals surface area (Å²) in [5.41, 5.74) is 0. The average molecular weight is 301 g/mol. The Kier molecular flexibility index (Phi) is 8.30. The van der Waals surface area contributed by atoms with Gasteiger partial charge in [-0.3, -0.25) is 9.59 Å². The van der Waals surface area contributed by atoms with E-state index in [1.807, 2.05) is 0 Å². The van der Waals surface area contributed by atoms with Crippen molar-refractivity contribution in [2.45, 2.75) is 70.0 Å². The molecule has 1 rings (SSSR count). The number of carboxylic acid groups (broad SMARTS) is 1. The molecule has 1 saturated carbocycles. The van der Waals surface area contributed by atoms with Crippen molar-refractivity contribution in [3.05, 3.63) is 0 Å². The van der Waals surface area contributed by atoms with E-state index < -0.39 is 24.1 Å². The molecule has 21 heavy (non-hydrogen) atoms. The van der Waals surface area contributed by atoms with Crippen LogP contribution in [0.4, 0.5) is 0 Å². The number of carbonyl (C=O) groups is 2. The van der Waals surface area contributed by atoms with Gasteiger partial charge in [0.2, 0.25) is 5.91 Å². The lowest BCUT2D eigenvalue weighted by atomic mass is 9.84. The van der Waals surface area contributed by atoms with Gasteiger partial charge in [-0.25, -0.2) is 0 Å². The minimum Gasteiger partial charge on any atom is -0.481 e. The van der Waals surface area contributed by atoms with Crippen molar-refractivity contribution in [2.24, 2.45) is 5.92 Å². The zero-order valence-electron chi connectivity index (χ0n) is 12.5. The van der Waals surface area contributed by atoms with Gasteiger partial charge in [0.25, 0.3) is 0 Å². The Bertz CT molecular complexity index is 334. The number of hydrogen-bond donors (Lipinski definition) is 4. The lowest BCUT2D eigenvalue weighted by Gasteiger charge is -2.30. The van der Waals surface area contributed by atoms with Gasteiger partial charge in [0, 0.05) is 13.0 Å². The number of amides is 1. The third-order valence-electron chi connectivity index (χ3n) is 4.02. The normalized spacial score (nSPS) is 25.5. The number of carbonyl (C=O) groups excluding carboxylic acids is 1. The number of rotatable bonds is 9. The quantitative estimate of drug-likeness (QED) is 0.476. The zero-order valence-corrected chi connectivity index (χ0v) is 12.5. The van der Waals surface area contributed by atoms with Crippen LogP contribution in [0.5, 0.6) is 0 Å². The van der Waals surface area contributed by atoms with Crippen molar-refractivity contribution in [2.75, 3.05) is 6.54 Å². The van der Waals surface area contributed by atoms with Crippen LogP contribution in [0.2, 0.25) is 0 Å². The second-order valence-electron chi connectivity index (χ2n) is 5.80. The number of aliphatic carboxylic acids is 1. The molecule has 0 radical (unpaired) electrons. The molecule has 0 aromatic heterocycles. The molecule has 122 valence electrons. The number of unbranched alkanes of at least 4 members (excludes halogenated alkanes) is 4. The molecule has 1 fully saturated rings. The molecule has 0 aromatic carbocycles. The van der Waals surface area contributed by atoms with E-state index in [0.717, 1.165) is 32.1 Å². The average Bonchev–Trinajstić information content (AvgIpc) is 2.44. The van der Waals surface area contributed by atoms with Crippen LogP contribution in [0, 0.1) is 5.92 Å². The van der Waals surface area contributed by atoms with Crippen LogP contribution < -0.4 is 5.32 Å². The van der Waals surface area contributed by atoms with Gasteiger partial charge in [-0.1, -0.05) is 19.3 Å². The molecule has 0 bridgehead atoms. The molecule has 4 N–H and O–H groups in total. The van der Waals surface area contributed by atoms with Crippen molar-refractivity contribution >= 4 is 11.9 Å². The van der Waals surface area contributed by atoms with E-state index in [1.165, 1.54) is 0 Å². The molecule has 0 saturated heterocycles. The lowest BCUT2D eigenvalue weighted by molar-refractivity contribution is -0.137. The van der Waals surface area contributed by atoms with E-state index in [1.54, 1.807) is 0 Å². The number of carboxylic acids is 1. The summed E-state index contributed by atoms with van der Waals surface area (Å²) in [6.07, 6.45) is 4.80. The van der Waals surface area contributed by atoms with Gasteiger partial charge in [0.1, 0.15) is 0 Å². The van der Waals surface area contributed by atoms with E-state index in [0.29, 0.717) is 25.8 Å². The van der Waals surface area contributed by atoms with Crippen LogP contribution in [0.3, 0.4) is 0 Å². The molecule has 0 aromatic rings. The van der Waals surface area contributed by atoms with Gasteiger partial charge in [0.05, 0.1) is 18.1 Å². The first-order valence-electron chi connectivity index (χ1n) is 7.88. The number of aliphatic hydroxyl groups is 2. The lowest BCUT2D eigenvalue weighted by Crippen LogP contribution is -2.45. The molecule has 0 spiro atoms. The Morgan fingerprint density at radius 2 is 1.67 bits per heavy atom. The molecule has 6 heteroatoms. The fourth-order valence-electron chi connectivity index (χ4n) is 2.72.